The predicted octanol–water partition coefficient (Wildman–Crippen LogP) is 1.61. The maximum atomic E-state index is 8.90. The maximum absolute atomic E-state index is 8.90. The second kappa shape index (κ2) is 5.90. The van der Waals surface area contributed by atoms with Crippen LogP contribution in [-0.4, -0.2) is 39.8 Å². The average molecular weight is 253 g/mol. The number of aromatic nitrogens is 2. The van der Waals surface area contributed by atoms with Crippen molar-refractivity contribution in [3.05, 3.63) is 22.7 Å². The topological polar surface area (TPSA) is 62.4 Å². The van der Waals surface area contributed by atoms with Crippen LogP contribution in [0.25, 0.3) is 11.5 Å². The number of hydrogen-bond donors (Lipinski definition) is 1. The van der Waals surface area contributed by atoms with Crippen LogP contribution in [0, 0.1) is 0 Å². The molecular weight excluding hydrogens is 238 g/mol. The summed E-state index contributed by atoms with van der Waals surface area (Å²) in [4.78, 5) is 6.39. The van der Waals surface area contributed by atoms with Gasteiger partial charge in [-0.15, -0.1) is 0 Å². The maximum Gasteiger partial charge on any atom is 0.258 e. The van der Waals surface area contributed by atoms with Gasteiger partial charge in [0.2, 0.25) is 0 Å². The van der Waals surface area contributed by atoms with Crippen molar-refractivity contribution in [1.29, 1.82) is 0 Å². The van der Waals surface area contributed by atoms with Gasteiger partial charge >= 0.3 is 0 Å². The van der Waals surface area contributed by atoms with E-state index in [1.165, 1.54) is 0 Å². The molecule has 0 saturated heterocycles. The number of aliphatic hydroxyl groups is 1. The molecule has 2 aromatic rings. The van der Waals surface area contributed by atoms with Crippen LogP contribution in [0.4, 0.5) is 0 Å². The summed E-state index contributed by atoms with van der Waals surface area (Å²) in [6.07, 6.45) is 0. The lowest BCUT2D eigenvalue weighted by Gasteiger charge is -2.16. The standard InChI is InChI=1S/C11H15N3O2S/c1-2-14(4-5-15)7-10-12-11(16-13-10)9-3-6-17-8-9/h3,6,8,15H,2,4-5,7H2,1H3. The van der Waals surface area contributed by atoms with Crippen molar-refractivity contribution in [3.63, 3.8) is 0 Å². The SMILES string of the molecule is CCN(CCO)Cc1noc(-c2ccsc2)n1. The third-order valence-electron chi connectivity index (χ3n) is 2.46. The molecule has 0 aliphatic carbocycles. The average Bonchev–Trinajstić information content (AvgIpc) is 2.98. The first-order valence-corrected chi connectivity index (χ1v) is 6.46. The lowest BCUT2D eigenvalue weighted by molar-refractivity contribution is 0.192. The monoisotopic (exact) mass is 253 g/mol. The van der Waals surface area contributed by atoms with Crippen LogP contribution in [0.1, 0.15) is 12.7 Å². The summed E-state index contributed by atoms with van der Waals surface area (Å²) >= 11 is 1.60. The van der Waals surface area contributed by atoms with Crippen molar-refractivity contribution in [2.24, 2.45) is 0 Å². The first-order valence-electron chi connectivity index (χ1n) is 5.52. The zero-order valence-corrected chi connectivity index (χ0v) is 10.5. The molecule has 0 amide bonds. The Labute approximate surface area is 104 Å². The molecule has 0 spiro atoms. The largest absolute Gasteiger partial charge is 0.395 e. The van der Waals surface area contributed by atoms with E-state index in [4.69, 9.17) is 9.63 Å². The zero-order valence-electron chi connectivity index (χ0n) is 9.67. The molecule has 0 bridgehead atoms. The molecule has 1 N–H and O–H groups in total. The zero-order chi connectivity index (χ0) is 12.1. The lowest BCUT2D eigenvalue weighted by atomic mass is 10.3. The first-order chi connectivity index (χ1) is 8.33. The van der Waals surface area contributed by atoms with E-state index in [9.17, 15) is 0 Å². The van der Waals surface area contributed by atoms with Crippen LogP contribution in [-0.2, 0) is 6.54 Å². The van der Waals surface area contributed by atoms with E-state index < -0.39 is 0 Å². The normalized spacial score (nSPS) is 11.2. The molecule has 92 valence electrons. The molecule has 0 atom stereocenters. The van der Waals surface area contributed by atoms with Crippen LogP contribution in [0.15, 0.2) is 21.3 Å². The molecule has 2 rings (SSSR count). The molecule has 2 aromatic heterocycles. The van der Waals surface area contributed by atoms with Gasteiger partial charge in [0.15, 0.2) is 5.82 Å². The van der Waals surface area contributed by atoms with Crippen molar-refractivity contribution in [1.82, 2.24) is 15.0 Å². The fourth-order valence-corrected chi connectivity index (χ4v) is 2.14. The quantitative estimate of drug-likeness (QED) is 0.847. The Balaban J connectivity index is 2.03. The first kappa shape index (κ1) is 12.2. The Bertz CT molecular complexity index is 441. The van der Waals surface area contributed by atoms with Crippen molar-refractivity contribution >= 4 is 11.3 Å². The molecule has 5 nitrogen and oxygen atoms in total. The van der Waals surface area contributed by atoms with Gasteiger partial charge in [-0.05, 0) is 18.0 Å². The summed E-state index contributed by atoms with van der Waals surface area (Å²) in [5.41, 5.74) is 0.957. The number of thiophene rings is 1. The lowest BCUT2D eigenvalue weighted by Crippen LogP contribution is -2.26. The Morgan fingerprint density at radius 2 is 2.41 bits per heavy atom. The summed E-state index contributed by atoms with van der Waals surface area (Å²) in [7, 11) is 0. The minimum Gasteiger partial charge on any atom is -0.395 e. The molecule has 6 heteroatoms. The minimum atomic E-state index is 0.142. The molecule has 0 fully saturated rings. The second-order valence-corrected chi connectivity index (χ2v) is 4.40. The van der Waals surface area contributed by atoms with Gasteiger partial charge in [0.25, 0.3) is 5.89 Å². The number of aliphatic hydroxyl groups excluding tert-OH is 1. The van der Waals surface area contributed by atoms with E-state index >= 15 is 0 Å². The van der Waals surface area contributed by atoms with Crippen molar-refractivity contribution in [3.8, 4) is 11.5 Å². The van der Waals surface area contributed by atoms with Crippen molar-refractivity contribution < 1.29 is 9.63 Å². The summed E-state index contributed by atoms with van der Waals surface area (Å²) in [6, 6.07) is 1.95. The van der Waals surface area contributed by atoms with Crippen LogP contribution >= 0.6 is 11.3 Å². The van der Waals surface area contributed by atoms with Crippen LogP contribution in [0.5, 0.6) is 0 Å². The van der Waals surface area contributed by atoms with Crippen LogP contribution in [0.2, 0.25) is 0 Å². The Hall–Kier alpha value is -1.24. The van der Waals surface area contributed by atoms with Gasteiger partial charge in [0.1, 0.15) is 0 Å². The molecule has 0 aliphatic heterocycles. The number of nitrogens with zero attached hydrogens (tertiary/aromatic N) is 3. The molecule has 0 aliphatic rings. The van der Waals surface area contributed by atoms with Gasteiger partial charge < -0.3 is 9.63 Å². The number of rotatable bonds is 6. The van der Waals surface area contributed by atoms with Crippen LogP contribution in [0.3, 0.4) is 0 Å². The third-order valence-corrected chi connectivity index (χ3v) is 3.15. The summed E-state index contributed by atoms with van der Waals surface area (Å²) in [6.45, 7) is 4.25. The molecule has 0 saturated carbocycles. The summed E-state index contributed by atoms with van der Waals surface area (Å²) in [5, 5.41) is 16.8. The predicted molar refractivity (Wildman–Crippen MR) is 65.6 cm³/mol. The molecular formula is C11H15N3O2S. The van der Waals surface area contributed by atoms with Gasteiger partial charge in [-0.3, -0.25) is 4.90 Å². The smallest absolute Gasteiger partial charge is 0.258 e. The van der Waals surface area contributed by atoms with E-state index in [1.807, 2.05) is 23.8 Å². The number of likely N-dealkylation sites (N-methyl/N-ethyl adjacent to an activating group) is 1. The van der Waals surface area contributed by atoms with E-state index in [1.54, 1.807) is 11.3 Å². The summed E-state index contributed by atoms with van der Waals surface area (Å²) in [5.74, 6) is 1.21. The molecule has 2 heterocycles. The molecule has 17 heavy (non-hydrogen) atoms. The fourth-order valence-electron chi connectivity index (χ4n) is 1.51. The van der Waals surface area contributed by atoms with Crippen molar-refractivity contribution in [2.75, 3.05) is 19.7 Å². The minimum absolute atomic E-state index is 0.142. The Kier molecular flexibility index (Phi) is 4.24. The van der Waals surface area contributed by atoms with Gasteiger partial charge in [0, 0.05) is 11.9 Å². The molecule has 0 aromatic carbocycles. The van der Waals surface area contributed by atoms with Gasteiger partial charge in [-0.25, -0.2) is 0 Å². The highest BCUT2D eigenvalue weighted by Gasteiger charge is 2.11. The number of hydrogen-bond acceptors (Lipinski definition) is 6. The van der Waals surface area contributed by atoms with E-state index in [2.05, 4.69) is 15.0 Å². The van der Waals surface area contributed by atoms with E-state index in [-0.39, 0.29) is 6.61 Å². The van der Waals surface area contributed by atoms with Crippen LogP contribution < -0.4 is 0 Å². The molecule has 0 unspecified atom stereocenters. The third kappa shape index (κ3) is 3.12. The molecule has 0 radical (unpaired) electrons. The van der Waals surface area contributed by atoms with E-state index in [0.29, 0.717) is 24.8 Å². The van der Waals surface area contributed by atoms with E-state index in [0.717, 1.165) is 12.1 Å². The highest BCUT2D eigenvalue weighted by molar-refractivity contribution is 7.08. The fraction of sp³-hybridized carbons (Fsp3) is 0.455. The summed E-state index contributed by atoms with van der Waals surface area (Å²) < 4.78 is 5.19. The Morgan fingerprint density at radius 1 is 1.53 bits per heavy atom. The van der Waals surface area contributed by atoms with Gasteiger partial charge in [-0.2, -0.15) is 16.3 Å². The van der Waals surface area contributed by atoms with Gasteiger partial charge in [-0.1, -0.05) is 12.1 Å². The van der Waals surface area contributed by atoms with Gasteiger partial charge in [0.05, 0.1) is 18.7 Å². The highest BCUT2D eigenvalue weighted by Crippen LogP contribution is 2.20. The highest BCUT2D eigenvalue weighted by atomic mass is 32.1. The van der Waals surface area contributed by atoms with Crippen molar-refractivity contribution in [2.45, 2.75) is 13.5 Å². The second-order valence-electron chi connectivity index (χ2n) is 3.62. The Morgan fingerprint density at radius 3 is 3.06 bits per heavy atom.